The van der Waals surface area contributed by atoms with Gasteiger partial charge in [0.15, 0.2) is 0 Å². The van der Waals surface area contributed by atoms with Gasteiger partial charge >= 0.3 is 0 Å². The Morgan fingerprint density at radius 1 is 1.04 bits per heavy atom. The lowest BCUT2D eigenvalue weighted by Gasteiger charge is -2.08. The zero-order valence-corrected chi connectivity index (χ0v) is 14.9. The first-order valence-electron chi connectivity index (χ1n) is 8.59. The van der Waals surface area contributed by atoms with E-state index < -0.39 is 0 Å². The van der Waals surface area contributed by atoms with Crippen molar-refractivity contribution in [2.45, 2.75) is 20.3 Å². The Hall–Kier alpha value is -3.38. The van der Waals surface area contributed by atoms with Gasteiger partial charge in [0.1, 0.15) is 0 Å². The van der Waals surface area contributed by atoms with Crippen LogP contribution in [0.3, 0.4) is 0 Å². The standard InChI is InChI=1S/C17H16N2O.C6H4/c1-3-4-6-14-7-5-8-16(13(14)2)17(20)19-15-9-11-18-12-10-15;1-2-5-4-6(5)3-1/h5,7-12H,3H2,1-2H3,(H,18,19,20);1-4H. The highest BCUT2D eigenvalue weighted by Crippen LogP contribution is 2.32. The Kier molecular flexibility index (Phi) is 5.46. The lowest BCUT2D eigenvalue weighted by atomic mass is 10.0. The normalized spacial score (nSPS) is 9.92. The minimum atomic E-state index is -0.131. The molecule has 1 aromatic carbocycles. The molecule has 2 aromatic rings. The largest absolute Gasteiger partial charge is 0.322 e. The van der Waals surface area contributed by atoms with Crippen molar-refractivity contribution in [1.29, 1.82) is 0 Å². The number of carbonyl (C=O) groups excluding carboxylic acids is 1. The van der Waals surface area contributed by atoms with Gasteiger partial charge in [-0.2, -0.15) is 0 Å². The van der Waals surface area contributed by atoms with Crippen LogP contribution in [0.4, 0.5) is 5.69 Å². The summed E-state index contributed by atoms with van der Waals surface area (Å²) in [5, 5.41) is 2.86. The van der Waals surface area contributed by atoms with Crippen LogP contribution in [-0.4, -0.2) is 10.9 Å². The van der Waals surface area contributed by atoms with Crippen molar-refractivity contribution in [3.05, 3.63) is 83.7 Å². The van der Waals surface area contributed by atoms with Crippen LogP contribution >= 0.6 is 0 Å². The molecule has 0 saturated carbocycles. The Morgan fingerprint density at radius 2 is 1.73 bits per heavy atom. The quantitative estimate of drug-likeness (QED) is 0.518. The third-order valence-electron chi connectivity index (χ3n) is 4.03. The Labute approximate surface area is 154 Å². The van der Waals surface area contributed by atoms with Gasteiger partial charge in [-0.1, -0.05) is 43.0 Å². The molecule has 1 amide bonds. The number of nitrogens with zero attached hydrogens (tertiary/aromatic N) is 1. The third-order valence-corrected chi connectivity index (χ3v) is 4.03. The van der Waals surface area contributed by atoms with Crippen LogP contribution in [0.25, 0.3) is 11.1 Å². The maximum absolute atomic E-state index is 12.3. The summed E-state index contributed by atoms with van der Waals surface area (Å²) in [6.07, 6.45) is 4.09. The molecule has 0 unspecified atom stereocenters. The summed E-state index contributed by atoms with van der Waals surface area (Å²) in [7, 11) is 0. The summed E-state index contributed by atoms with van der Waals surface area (Å²) < 4.78 is 0. The number of pyridine rings is 1. The number of rotatable bonds is 2. The van der Waals surface area contributed by atoms with Crippen LogP contribution < -0.4 is 5.32 Å². The molecule has 1 heterocycles. The van der Waals surface area contributed by atoms with Crippen molar-refractivity contribution in [1.82, 2.24) is 4.98 Å². The van der Waals surface area contributed by atoms with E-state index in [-0.39, 0.29) is 5.91 Å². The molecule has 0 spiro atoms. The van der Waals surface area contributed by atoms with Crippen molar-refractivity contribution in [3.63, 3.8) is 0 Å². The summed E-state index contributed by atoms with van der Waals surface area (Å²) in [6.45, 7) is 3.92. The second-order valence-electron chi connectivity index (χ2n) is 5.90. The predicted octanol–water partition coefficient (Wildman–Crippen LogP) is 5.07. The van der Waals surface area contributed by atoms with Gasteiger partial charge in [-0.25, -0.2) is 0 Å². The smallest absolute Gasteiger partial charge is 0.255 e. The van der Waals surface area contributed by atoms with Gasteiger partial charge in [-0.15, -0.1) is 0 Å². The number of amides is 1. The molecule has 4 rings (SSSR count). The van der Waals surface area contributed by atoms with Crippen molar-refractivity contribution in [3.8, 4) is 23.0 Å². The molecule has 3 heteroatoms. The van der Waals surface area contributed by atoms with E-state index in [4.69, 9.17) is 0 Å². The van der Waals surface area contributed by atoms with E-state index in [9.17, 15) is 4.79 Å². The van der Waals surface area contributed by atoms with Crippen LogP contribution in [-0.2, 0) is 0 Å². The lowest BCUT2D eigenvalue weighted by molar-refractivity contribution is 0.102. The number of nitrogens with one attached hydrogen (secondary N) is 1. The summed E-state index contributed by atoms with van der Waals surface area (Å²) in [4.78, 5) is 16.2. The fourth-order valence-corrected chi connectivity index (χ4v) is 2.51. The average molecular weight is 340 g/mol. The van der Waals surface area contributed by atoms with Crippen molar-refractivity contribution in [2.75, 3.05) is 5.32 Å². The monoisotopic (exact) mass is 340 g/mol. The third kappa shape index (κ3) is 4.37. The molecule has 0 bridgehead atoms. The zero-order chi connectivity index (χ0) is 18.4. The van der Waals surface area contributed by atoms with Gasteiger partial charge in [0.25, 0.3) is 5.91 Å². The highest BCUT2D eigenvalue weighted by Gasteiger charge is 2.11. The molecular weight excluding hydrogens is 320 g/mol. The average Bonchev–Trinajstić information content (AvgIpc) is 3.27. The van der Waals surface area contributed by atoms with E-state index in [1.54, 1.807) is 24.5 Å². The fourth-order valence-electron chi connectivity index (χ4n) is 2.51. The van der Waals surface area contributed by atoms with Crippen LogP contribution in [0.5, 0.6) is 0 Å². The van der Waals surface area contributed by atoms with Gasteiger partial charge in [0.05, 0.1) is 0 Å². The van der Waals surface area contributed by atoms with Crippen molar-refractivity contribution in [2.24, 2.45) is 0 Å². The zero-order valence-electron chi connectivity index (χ0n) is 14.9. The van der Waals surface area contributed by atoms with E-state index in [1.165, 1.54) is 11.1 Å². The minimum absolute atomic E-state index is 0.131. The second-order valence-corrected chi connectivity index (χ2v) is 5.90. The predicted molar refractivity (Wildman–Crippen MR) is 106 cm³/mol. The lowest BCUT2D eigenvalue weighted by Crippen LogP contribution is -2.13. The van der Waals surface area contributed by atoms with Gasteiger partial charge in [-0.05, 0) is 53.9 Å². The van der Waals surface area contributed by atoms with Crippen LogP contribution in [0.15, 0.2) is 67.0 Å². The molecule has 26 heavy (non-hydrogen) atoms. The SMILES string of the molecule is CCC#Cc1cccc(C(=O)Nc2ccncc2)c1C.c1cc2cc-2c1. The van der Waals surface area contributed by atoms with Gasteiger partial charge < -0.3 is 5.32 Å². The number of aromatic nitrogens is 1. The van der Waals surface area contributed by atoms with Crippen molar-refractivity contribution < 1.29 is 4.79 Å². The number of fused-ring (bicyclic) bond motifs is 1. The maximum atomic E-state index is 12.3. The van der Waals surface area contributed by atoms with E-state index in [0.29, 0.717) is 5.56 Å². The van der Waals surface area contributed by atoms with Crippen LogP contribution in [0.2, 0.25) is 0 Å². The van der Waals surface area contributed by atoms with E-state index in [2.05, 4.69) is 46.4 Å². The first kappa shape index (κ1) is 17.4. The molecule has 0 fully saturated rings. The van der Waals surface area contributed by atoms with Gasteiger partial charge in [0, 0.05) is 35.6 Å². The summed E-state index contributed by atoms with van der Waals surface area (Å²) >= 11 is 0. The Bertz CT molecular complexity index is 965. The molecular formula is C23H20N2O. The first-order valence-corrected chi connectivity index (χ1v) is 8.59. The molecule has 128 valence electrons. The Morgan fingerprint density at radius 3 is 2.31 bits per heavy atom. The summed E-state index contributed by atoms with van der Waals surface area (Å²) in [5.41, 5.74) is 6.03. The summed E-state index contributed by atoms with van der Waals surface area (Å²) in [5.74, 6) is 5.98. The molecule has 0 atom stereocenters. The van der Waals surface area contributed by atoms with E-state index >= 15 is 0 Å². The topological polar surface area (TPSA) is 42.0 Å². The van der Waals surface area contributed by atoms with Crippen LogP contribution in [0, 0.1) is 18.8 Å². The van der Waals surface area contributed by atoms with E-state index in [0.717, 1.165) is 23.2 Å². The number of carbonyl (C=O) groups is 1. The molecule has 1 N–H and O–H groups in total. The van der Waals surface area contributed by atoms with Crippen LogP contribution in [0.1, 0.15) is 34.8 Å². The fraction of sp³-hybridized carbons (Fsp3) is 0.130. The molecule has 0 radical (unpaired) electrons. The Balaban J connectivity index is 0.000000269. The molecule has 2 aliphatic rings. The highest BCUT2D eigenvalue weighted by atomic mass is 16.1. The number of benzene rings is 2. The second kappa shape index (κ2) is 8.13. The molecule has 0 aliphatic heterocycles. The van der Waals surface area contributed by atoms with E-state index in [1.807, 2.05) is 32.0 Å². The highest BCUT2D eigenvalue weighted by molar-refractivity contribution is 6.05. The van der Waals surface area contributed by atoms with Gasteiger partial charge in [0.2, 0.25) is 0 Å². The minimum Gasteiger partial charge on any atom is -0.322 e. The van der Waals surface area contributed by atoms with Gasteiger partial charge in [-0.3, -0.25) is 9.78 Å². The van der Waals surface area contributed by atoms with Crippen molar-refractivity contribution >= 4 is 11.6 Å². The maximum Gasteiger partial charge on any atom is 0.255 e. The number of hydrogen-bond acceptors (Lipinski definition) is 2. The number of anilines is 1. The molecule has 1 aromatic heterocycles. The molecule has 2 aliphatic carbocycles. The molecule has 3 nitrogen and oxygen atoms in total. The molecule has 0 saturated heterocycles. The first-order chi connectivity index (χ1) is 12.7. The summed E-state index contributed by atoms with van der Waals surface area (Å²) in [6, 6.07) is 17.6. The number of hydrogen-bond donors (Lipinski definition) is 1.